The van der Waals surface area contributed by atoms with Crippen LogP contribution in [-0.4, -0.2) is 29.4 Å². The Kier molecular flexibility index (Phi) is 6.86. The summed E-state index contributed by atoms with van der Waals surface area (Å²) >= 11 is 0. The molecule has 0 N–H and O–H groups in total. The number of halogens is 1. The minimum Gasteiger partial charge on any atom is -0.367 e. The monoisotopic (exact) mass is 473 g/mol. The summed E-state index contributed by atoms with van der Waals surface area (Å²) in [6.45, 7) is -0.0110. The van der Waals surface area contributed by atoms with Crippen LogP contribution in [0.3, 0.4) is 0 Å². The minimum absolute atomic E-state index is 0.106. The van der Waals surface area contributed by atoms with Gasteiger partial charge in [0.25, 0.3) is 11.8 Å². The van der Waals surface area contributed by atoms with E-state index in [0.717, 1.165) is 42.5 Å². The number of rotatable bonds is 7. The third-order valence-corrected chi connectivity index (χ3v) is 6.76. The van der Waals surface area contributed by atoms with Crippen LogP contribution in [0.5, 0.6) is 0 Å². The number of amides is 2. The maximum atomic E-state index is 14.2. The molecule has 0 radical (unpaired) electrons. The zero-order valence-electron chi connectivity index (χ0n) is 19.5. The van der Waals surface area contributed by atoms with Crippen LogP contribution in [0.2, 0.25) is 0 Å². The fourth-order valence-electron chi connectivity index (χ4n) is 5.15. The summed E-state index contributed by atoms with van der Waals surface area (Å²) in [5.74, 6) is -1.02. The number of pyridine rings is 1. The first-order valence-electron chi connectivity index (χ1n) is 12.1. The van der Waals surface area contributed by atoms with E-state index in [-0.39, 0.29) is 25.2 Å². The van der Waals surface area contributed by atoms with Gasteiger partial charge in [-0.25, -0.2) is 4.39 Å². The highest BCUT2D eigenvalue weighted by Gasteiger charge is 2.45. The summed E-state index contributed by atoms with van der Waals surface area (Å²) in [5, 5.41) is 0. The molecule has 7 heteroatoms. The summed E-state index contributed by atoms with van der Waals surface area (Å²) in [5.41, 5.74) is 2.81. The lowest BCUT2D eigenvalue weighted by Crippen LogP contribution is -2.46. The van der Waals surface area contributed by atoms with E-state index in [1.54, 1.807) is 24.5 Å². The van der Waals surface area contributed by atoms with Gasteiger partial charge in [0.2, 0.25) is 0 Å². The number of carbonyl (C=O) groups is 2. The van der Waals surface area contributed by atoms with Crippen molar-refractivity contribution >= 4 is 23.2 Å². The topological polar surface area (TPSA) is 62.7 Å². The Hall–Kier alpha value is -3.58. The molecule has 5 rings (SSSR count). The van der Waals surface area contributed by atoms with Gasteiger partial charge in [-0.05, 0) is 54.8 Å². The van der Waals surface area contributed by atoms with Gasteiger partial charge in [0.1, 0.15) is 18.5 Å². The van der Waals surface area contributed by atoms with Crippen LogP contribution >= 0.6 is 0 Å². The van der Waals surface area contributed by atoms with Crippen molar-refractivity contribution in [3.8, 4) is 0 Å². The summed E-state index contributed by atoms with van der Waals surface area (Å²) in [6.07, 6.45) is 8.53. The minimum atomic E-state index is -0.869. The van der Waals surface area contributed by atoms with Gasteiger partial charge in [-0.1, -0.05) is 43.5 Å². The van der Waals surface area contributed by atoms with Crippen LogP contribution in [-0.2, 0) is 20.9 Å². The van der Waals surface area contributed by atoms with Crippen molar-refractivity contribution in [3.05, 3.63) is 90.0 Å². The molecule has 1 fully saturated rings. The Labute approximate surface area is 204 Å². The lowest BCUT2D eigenvalue weighted by Gasteiger charge is -2.33. The average molecular weight is 474 g/mol. The zero-order chi connectivity index (χ0) is 24.2. The highest BCUT2D eigenvalue weighted by Crippen LogP contribution is 2.44. The van der Waals surface area contributed by atoms with Crippen molar-refractivity contribution in [1.29, 1.82) is 0 Å². The Bertz CT molecular complexity index is 1200. The molecule has 2 amide bonds. The van der Waals surface area contributed by atoms with E-state index in [0.29, 0.717) is 5.69 Å². The molecule has 1 aromatic heterocycles. The predicted octanol–water partition coefficient (Wildman–Crippen LogP) is 5.19. The first-order chi connectivity index (χ1) is 17.1. The maximum absolute atomic E-state index is 14.2. The second-order valence-corrected chi connectivity index (χ2v) is 9.05. The SMILES string of the molecule is O=C1C(N(C(=O)COCc2ccncc2)c2cccc(F)c2)c2ccccc2N1C1CCCCC1. The molecule has 1 atom stereocenters. The molecule has 2 aliphatic rings. The van der Waals surface area contributed by atoms with Gasteiger partial charge >= 0.3 is 0 Å². The van der Waals surface area contributed by atoms with Crippen molar-refractivity contribution < 1.29 is 18.7 Å². The number of hydrogen-bond acceptors (Lipinski definition) is 4. The van der Waals surface area contributed by atoms with Gasteiger partial charge in [-0.3, -0.25) is 19.5 Å². The molecule has 0 saturated heterocycles. The van der Waals surface area contributed by atoms with E-state index in [4.69, 9.17) is 4.74 Å². The number of carbonyl (C=O) groups excluding carboxylic acids is 2. The second-order valence-electron chi connectivity index (χ2n) is 9.05. The van der Waals surface area contributed by atoms with Crippen LogP contribution in [0.15, 0.2) is 73.1 Å². The van der Waals surface area contributed by atoms with E-state index in [9.17, 15) is 14.0 Å². The molecule has 2 heterocycles. The third-order valence-electron chi connectivity index (χ3n) is 6.76. The number of benzene rings is 2. The summed E-state index contributed by atoms with van der Waals surface area (Å²) in [4.78, 5) is 34.8. The molecular formula is C28H28FN3O3. The molecule has 0 spiro atoms. The summed E-state index contributed by atoms with van der Waals surface area (Å²) in [6, 6.07) is 16.3. The van der Waals surface area contributed by atoms with E-state index >= 15 is 0 Å². The molecule has 2 aromatic carbocycles. The van der Waals surface area contributed by atoms with Crippen molar-refractivity contribution in [2.24, 2.45) is 0 Å². The highest BCUT2D eigenvalue weighted by molar-refractivity contribution is 6.11. The van der Waals surface area contributed by atoms with Crippen molar-refractivity contribution in [2.75, 3.05) is 16.4 Å². The van der Waals surface area contributed by atoms with Gasteiger partial charge in [0.15, 0.2) is 0 Å². The molecule has 6 nitrogen and oxygen atoms in total. The van der Waals surface area contributed by atoms with Crippen LogP contribution in [0.1, 0.15) is 49.3 Å². The fraction of sp³-hybridized carbons (Fsp3) is 0.321. The molecule has 1 aliphatic carbocycles. The van der Waals surface area contributed by atoms with Crippen LogP contribution < -0.4 is 9.80 Å². The van der Waals surface area contributed by atoms with Crippen LogP contribution in [0.4, 0.5) is 15.8 Å². The van der Waals surface area contributed by atoms with Crippen LogP contribution in [0.25, 0.3) is 0 Å². The van der Waals surface area contributed by atoms with E-state index in [2.05, 4.69) is 4.98 Å². The highest BCUT2D eigenvalue weighted by atomic mass is 19.1. The molecule has 0 bridgehead atoms. The van der Waals surface area contributed by atoms with Crippen molar-refractivity contribution in [2.45, 2.75) is 50.8 Å². The van der Waals surface area contributed by atoms with Gasteiger partial charge < -0.3 is 9.64 Å². The lowest BCUT2D eigenvalue weighted by molar-refractivity contribution is -0.127. The number of nitrogens with zero attached hydrogens (tertiary/aromatic N) is 3. The standard InChI is InChI=1S/C28H28FN3O3/c29-21-7-6-10-23(17-21)32(26(33)19-35-18-20-13-15-30-16-14-20)27-24-11-4-5-12-25(24)31(28(27)34)22-8-2-1-3-9-22/h4-7,10-17,22,27H,1-3,8-9,18-19H2. The Morgan fingerprint density at radius 3 is 2.57 bits per heavy atom. The van der Waals surface area contributed by atoms with Gasteiger partial charge in [-0.2, -0.15) is 0 Å². The lowest BCUT2D eigenvalue weighted by atomic mass is 9.94. The van der Waals surface area contributed by atoms with E-state index in [1.807, 2.05) is 41.3 Å². The zero-order valence-corrected chi connectivity index (χ0v) is 19.5. The number of anilines is 2. The summed E-state index contributed by atoms with van der Waals surface area (Å²) in [7, 11) is 0. The molecule has 1 saturated carbocycles. The van der Waals surface area contributed by atoms with Crippen molar-refractivity contribution in [3.63, 3.8) is 0 Å². The normalized spacial score (nSPS) is 17.9. The third kappa shape index (κ3) is 4.82. The Balaban J connectivity index is 1.47. The quantitative estimate of drug-likeness (QED) is 0.474. The Morgan fingerprint density at radius 2 is 1.80 bits per heavy atom. The first-order valence-corrected chi connectivity index (χ1v) is 12.1. The molecule has 35 heavy (non-hydrogen) atoms. The molecular weight excluding hydrogens is 445 g/mol. The van der Waals surface area contributed by atoms with Crippen LogP contribution in [0, 0.1) is 5.82 Å². The number of aromatic nitrogens is 1. The van der Waals surface area contributed by atoms with Gasteiger partial charge in [0, 0.05) is 35.4 Å². The van der Waals surface area contributed by atoms with Gasteiger partial charge in [0.05, 0.1) is 6.61 Å². The molecule has 180 valence electrons. The molecule has 1 unspecified atom stereocenters. The largest absolute Gasteiger partial charge is 0.367 e. The average Bonchev–Trinajstić information content (AvgIpc) is 3.17. The smallest absolute Gasteiger partial charge is 0.255 e. The number of fused-ring (bicyclic) bond motifs is 1. The summed E-state index contributed by atoms with van der Waals surface area (Å²) < 4.78 is 19.9. The van der Waals surface area contributed by atoms with E-state index in [1.165, 1.54) is 23.5 Å². The Morgan fingerprint density at radius 1 is 1.03 bits per heavy atom. The van der Waals surface area contributed by atoms with E-state index < -0.39 is 17.8 Å². The first kappa shape index (κ1) is 23.2. The van der Waals surface area contributed by atoms with Gasteiger partial charge in [-0.15, -0.1) is 0 Å². The fourth-order valence-corrected chi connectivity index (χ4v) is 5.15. The van der Waals surface area contributed by atoms with Crippen molar-refractivity contribution in [1.82, 2.24) is 4.98 Å². The number of para-hydroxylation sites is 1. The number of ether oxygens (including phenoxy) is 1. The predicted molar refractivity (Wildman–Crippen MR) is 131 cm³/mol. The molecule has 1 aliphatic heterocycles. The molecule has 3 aromatic rings. The number of hydrogen-bond donors (Lipinski definition) is 0. The maximum Gasteiger partial charge on any atom is 0.255 e. The second kappa shape index (κ2) is 10.4.